The number of hydrogen-bond acceptors (Lipinski definition) is 2. The topological polar surface area (TPSA) is 26.3 Å². The summed E-state index contributed by atoms with van der Waals surface area (Å²) in [5.74, 6) is 1.31. The predicted octanol–water partition coefficient (Wildman–Crippen LogP) is 4.51. The fourth-order valence-electron chi connectivity index (χ4n) is 2.75. The Bertz CT molecular complexity index is 451. The predicted molar refractivity (Wildman–Crippen MR) is 82.2 cm³/mol. The minimum absolute atomic E-state index is 0.104. The van der Waals surface area contributed by atoms with E-state index in [1.807, 2.05) is 18.2 Å². The molecule has 0 aliphatic heterocycles. The lowest BCUT2D eigenvalue weighted by molar-refractivity contribution is -0.125. The van der Waals surface area contributed by atoms with Gasteiger partial charge in [-0.3, -0.25) is 4.79 Å². The van der Waals surface area contributed by atoms with Crippen LogP contribution in [0.4, 0.5) is 0 Å². The first kappa shape index (κ1) is 15.1. The van der Waals surface area contributed by atoms with Crippen LogP contribution in [-0.4, -0.2) is 12.4 Å². The molecule has 1 fully saturated rings. The standard InChI is InChI=1S/C18H26O2/c1-18(2,3)15-10-7-11-16(12-15)20-13-17(19)14-8-5-4-6-9-14/h7,10-12,14H,4-6,8-9,13H2,1-3H3. The van der Waals surface area contributed by atoms with Gasteiger partial charge in [0.2, 0.25) is 0 Å². The molecular weight excluding hydrogens is 248 g/mol. The molecule has 2 heteroatoms. The highest BCUT2D eigenvalue weighted by Gasteiger charge is 2.21. The monoisotopic (exact) mass is 274 g/mol. The average Bonchev–Trinajstić information content (AvgIpc) is 2.45. The van der Waals surface area contributed by atoms with E-state index in [0.29, 0.717) is 0 Å². The van der Waals surface area contributed by atoms with Crippen molar-refractivity contribution in [1.29, 1.82) is 0 Å². The lowest BCUT2D eigenvalue weighted by Crippen LogP contribution is -2.23. The molecule has 0 saturated heterocycles. The summed E-state index contributed by atoms with van der Waals surface area (Å²) in [5.41, 5.74) is 1.34. The van der Waals surface area contributed by atoms with Gasteiger partial charge in [0.25, 0.3) is 0 Å². The molecule has 20 heavy (non-hydrogen) atoms. The van der Waals surface area contributed by atoms with Gasteiger partial charge in [-0.1, -0.05) is 52.2 Å². The van der Waals surface area contributed by atoms with Gasteiger partial charge in [0.15, 0.2) is 5.78 Å². The third kappa shape index (κ3) is 4.09. The minimum atomic E-state index is 0.104. The first-order chi connectivity index (χ1) is 9.47. The van der Waals surface area contributed by atoms with Crippen LogP contribution in [0.15, 0.2) is 24.3 Å². The summed E-state index contributed by atoms with van der Waals surface area (Å²) in [6.45, 7) is 6.76. The Labute approximate surface area is 122 Å². The molecule has 2 nitrogen and oxygen atoms in total. The van der Waals surface area contributed by atoms with Crippen molar-refractivity contribution >= 4 is 5.78 Å². The zero-order valence-corrected chi connectivity index (χ0v) is 12.9. The van der Waals surface area contributed by atoms with Crippen LogP contribution < -0.4 is 4.74 Å². The summed E-state index contributed by atoms with van der Waals surface area (Å²) < 4.78 is 5.71. The Morgan fingerprint density at radius 1 is 1.20 bits per heavy atom. The van der Waals surface area contributed by atoms with E-state index >= 15 is 0 Å². The van der Waals surface area contributed by atoms with Gasteiger partial charge in [-0.2, -0.15) is 0 Å². The maximum Gasteiger partial charge on any atom is 0.173 e. The summed E-state index contributed by atoms with van der Waals surface area (Å²) in [5, 5.41) is 0. The highest BCUT2D eigenvalue weighted by atomic mass is 16.5. The van der Waals surface area contributed by atoms with Crippen molar-refractivity contribution in [3.8, 4) is 5.75 Å². The molecule has 0 amide bonds. The second-order valence-electron chi connectivity index (χ2n) is 6.87. The second kappa shape index (κ2) is 6.43. The van der Waals surface area contributed by atoms with Gasteiger partial charge in [-0.15, -0.1) is 0 Å². The van der Waals surface area contributed by atoms with Crippen LogP contribution in [0, 0.1) is 5.92 Å². The molecule has 1 aliphatic rings. The maximum absolute atomic E-state index is 12.1. The lowest BCUT2D eigenvalue weighted by atomic mass is 9.86. The smallest absolute Gasteiger partial charge is 0.173 e. The van der Waals surface area contributed by atoms with Gasteiger partial charge in [-0.05, 0) is 36.0 Å². The number of benzene rings is 1. The maximum atomic E-state index is 12.1. The van der Waals surface area contributed by atoms with Gasteiger partial charge in [0.05, 0.1) is 0 Å². The molecule has 1 aliphatic carbocycles. The Balaban J connectivity index is 1.92. The van der Waals surface area contributed by atoms with Gasteiger partial charge in [-0.25, -0.2) is 0 Å². The van der Waals surface area contributed by atoms with E-state index in [-0.39, 0.29) is 23.7 Å². The molecule has 0 unspecified atom stereocenters. The van der Waals surface area contributed by atoms with E-state index in [1.54, 1.807) is 0 Å². The normalized spacial score (nSPS) is 16.9. The Morgan fingerprint density at radius 2 is 1.90 bits per heavy atom. The fourth-order valence-corrected chi connectivity index (χ4v) is 2.75. The molecule has 0 radical (unpaired) electrons. The quantitative estimate of drug-likeness (QED) is 0.807. The van der Waals surface area contributed by atoms with Crippen molar-refractivity contribution in [1.82, 2.24) is 0 Å². The molecule has 0 atom stereocenters. The third-order valence-corrected chi connectivity index (χ3v) is 4.14. The molecule has 1 aromatic carbocycles. The van der Waals surface area contributed by atoms with Crippen molar-refractivity contribution in [2.24, 2.45) is 5.92 Å². The van der Waals surface area contributed by atoms with E-state index in [2.05, 4.69) is 26.8 Å². The summed E-state index contributed by atoms with van der Waals surface area (Å²) in [7, 11) is 0. The van der Waals surface area contributed by atoms with E-state index in [9.17, 15) is 4.79 Å². The molecular formula is C18H26O2. The van der Waals surface area contributed by atoms with E-state index < -0.39 is 0 Å². The zero-order chi connectivity index (χ0) is 14.6. The second-order valence-corrected chi connectivity index (χ2v) is 6.87. The average molecular weight is 274 g/mol. The van der Waals surface area contributed by atoms with Crippen LogP contribution in [-0.2, 0) is 10.2 Å². The lowest BCUT2D eigenvalue weighted by Gasteiger charge is -2.21. The molecule has 0 heterocycles. The first-order valence-electron chi connectivity index (χ1n) is 7.73. The number of carbonyl (C=O) groups excluding carboxylic acids is 1. The Kier molecular flexibility index (Phi) is 4.85. The molecule has 1 saturated carbocycles. The summed E-state index contributed by atoms with van der Waals surface area (Å²) in [6.07, 6.45) is 5.75. The molecule has 0 aromatic heterocycles. The third-order valence-electron chi connectivity index (χ3n) is 4.14. The van der Waals surface area contributed by atoms with Crippen molar-refractivity contribution in [2.75, 3.05) is 6.61 Å². The van der Waals surface area contributed by atoms with Gasteiger partial charge >= 0.3 is 0 Å². The van der Waals surface area contributed by atoms with Crippen LogP contribution in [0.5, 0.6) is 5.75 Å². The van der Waals surface area contributed by atoms with Crippen LogP contribution in [0.1, 0.15) is 58.4 Å². The molecule has 0 bridgehead atoms. The van der Waals surface area contributed by atoms with E-state index in [0.717, 1.165) is 18.6 Å². The highest BCUT2D eigenvalue weighted by Crippen LogP contribution is 2.27. The van der Waals surface area contributed by atoms with Gasteiger partial charge < -0.3 is 4.74 Å². The van der Waals surface area contributed by atoms with Crippen LogP contribution in [0.3, 0.4) is 0 Å². The number of hydrogen-bond donors (Lipinski definition) is 0. The zero-order valence-electron chi connectivity index (χ0n) is 12.9. The van der Waals surface area contributed by atoms with E-state index in [1.165, 1.54) is 24.8 Å². The van der Waals surface area contributed by atoms with Crippen molar-refractivity contribution < 1.29 is 9.53 Å². The number of Topliss-reactive ketones (excluding diaryl/α,β-unsaturated/α-hetero) is 1. The van der Waals surface area contributed by atoms with Crippen LogP contribution in [0.25, 0.3) is 0 Å². The largest absolute Gasteiger partial charge is 0.486 e. The number of ether oxygens (including phenoxy) is 1. The SMILES string of the molecule is CC(C)(C)c1cccc(OCC(=O)C2CCCCC2)c1. The number of rotatable bonds is 4. The molecule has 110 valence electrons. The minimum Gasteiger partial charge on any atom is -0.486 e. The molecule has 2 rings (SSSR count). The Hall–Kier alpha value is -1.31. The number of ketones is 1. The van der Waals surface area contributed by atoms with E-state index in [4.69, 9.17) is 4.74 Å². The van der Waals surface area contributed by atoms with Crippen molar-refractivity contribution in [2.45, 2.75) is 58.3 Å². The number of carbonyl (C=O) groups is 1. The highest BCUT2D eigenvalue weighted by molar-refractivity contribution is 5.82. The molecule has 0 spiro atoms. The fraction of sp³-hybridized carbons (Fsp3) is 0.611. The van der Waals surface area contributed by atoms with Gasteiger partial charge in [0.1, 0.15) is 12.4 Å². The molecule has 1 aromatic rings. The summed E-state index contributed by atoms with van der Waals surface area (Å²) in [6, 6.07) is 8.09. The summed E-state index contributed by atoms with van der Waals surface area (Å²) in [4.78, 5) is 12.1. The summed E-state index contributed by atoms with van der Waals surface area (Å²) >= 11 is 0. The molecule has 0 N–H and O–H groups in total. The Morgan fingerprint density at radius 3 is 2.55 bits per heavy atom. The van der Waals surface area contributed by atoms with Gasteiger partial charge in [0, 0.05) is 5.92 Å². The van der Waals surface area contributed by atoms with Crippen LogP contribution in [0.2, 0.25) is 0 Å². The van der Waals surface area contributed by atoms with Crippen molar-refractivity contribution in [3.05, 3.63) is 29.8 Å². The van der Waals surface area contributed by atoms with Crippen LogP contribution >= 0.6 is 0 Å². The van der Waals surface area contributed by atoms with Crippen molar-refractivity contribution in [3.63, 3.8) is 0 Å². The first-order valence-corrected chi connectivity index (χ1v) is 7.73.